The van der Waals surface area contributed by atoms with Crippen molar-refractivity contribution in [2.75, 3.05) is 0 Å². The molecule has 2 heterocycles. The molecule has 4 rings (SSSR count). The maximum absolute atomic E-state index is 14.1. The number of carbonyl (C=O) groups excluding carboxylic acids is 3. The van der Waals surface area contributed by atoms with Gasteiger partial charge in [-0.1, -0.05) is 18.2 Å². The van der Waals surface area contributed by atoms with Gasteiger partial charge in [0.05, 0.1) is 12.1 Å². The van der Waals surface area contributed by atoms with Crippen LogP contribution in [0.3, 0.4) is 0 Å². The van der Waals surface area contributed by atoms with E-state index in [2.05, 4.69) is 4.98 Å². The molecule has 0 saturated heterocycles. The average Bonchev–Trinajstić information content (AvgIpc) is 2.75. The van der Waals surface area contributed by atoms with Gasteiger partial charge in [-0.05, 0) is 24.6 Å². The summed E-state index contributed by atoms with van der Waals surface area (Å²) >= 11 is 0. The maximum Gasteiger partial charge on any atom is 0.434 e. The first-order chi connectivity index (χ1) is 15.6. The van der Waals surface area contributed by atoms with Gasteiger partial charge in [-0.3, -0.25) is 23.7 Å². The lowest BCUT2D eigenvalue weighted by Gasteiger charge is -2.21. The van der Waals surface area contributed by atoms with Crippen molar-refractivity contribution in [3.8, 4) is 0 Å². The highest BCUT2D eigenvalue weighted by Crippen LogP contribution is 2.34. The number of carbonyl (C=O) groups is 3. The van der Waals surface area contributed by atoms with Crippen LogP contribution in [0, 0.1) is 11.7 Å². The zero-order valence-electron chi connectivity index (χ0n) is 17.0. The standard InChI is InChI=1S/C23H16F4N2O4/c24-15-5-2-1-4-13(15)11-29-18(32)9-8-12-10-14(21(23(25,26)27)28-22(12)29)20(33)19-16(30)6-3-7-17(19)31/h1-2,4-5,8-10,19H,3,6-7,11H2. The molecule has 10 heteroatoms. The fourth-order valence-corrected chi connectivity index (χ4v) is 3.92. The van der Waals surface area contributed by atoms with Crippen molar-refractivity contribution in [2.45, 2.75) is 32.0 Å². The topological polar surface area (TPSA) is 86.1 Å². The first-order valence-corrected chi connectivity index (χ1v) is 10.0. The van der Waals surface area contributed by atoms with Crippen LogP contribution in [0.1, 0.15) is 40.9 Å². The molecule has 3 aromatic rings. The molecule has 2 aromatic heterocycles. The van der Waals surface area contributed by atoms with Gasteiger partial charge >= 0.3 is 6.18 Å². The SMILES string of the molecule is O=C1CCCC(=O)C1C(=O)c1cc2ccc(=O)n(Cc3ccccc3F)c2nc1C(F)(F)F. The molecule has 0 spiro atoms. The maximum atomic E-state index is 14.1. The van der Waals surface area contributed by atoms with E-state index in [0.717, 1.165) is 22.8 Å². The summed E-state index contributed by atoms with van der Waals surface area (Å²) in [7, 11) is 0. The van der Waals surface area contributed by atoms with Gasteiger partial charge < -0.3 is 0 Å². The largest absolute Gasteiger partial charge is 0.434 e. The Kier molecular flexibility index (Phi) is 5.69. The fraction of sp³-hybridized carbons (Fsp3) is 0.261. The minimum atomic E-state index is -5.12. The van der Waals surface area contributed by atoms with Crippen LogP contribution in [0.15, 0.2) is 47.3 Å². The van der Waals surface area contributed by atoms with Crippen molar-refractivity contribution >= 4 is 28.4 Å². The highest BCUT2D eigenvalue weighted by atomic mass is 19.4. The van der Waals surface area contributed by atoms with Gasteiger partial charge in [0.1, 0.15) is 17.4 Å². The van der Waals surface area contributed by atoms with Gasteiger partial charge in [-0.2, -0.15) is 13.2 Å². The smallest absolute Gasteiger partial charge is 0.298 e. The Morgan fingerprint density at radius 3 is 2.33 bits per heavy atom. The highest BCUT2D eigenvalue weighted by Gasteiger charge is 2.43. The molecule has 1 aliphatic carbocycles. The van der Waals surface area contributed by atoms with Gasteiger partial charge in [-0.15, -0.1) is 0 Å². The van der Waals surface area contributed by atoms with E-state index in [-0.39, 0.29) is 36.8 Å². The molecule has 0 radical (unpaired) electrons. The summed E-state index contributed by atoms with van der Waals surface area (Å²) in [6.07, 6.45) is -5.03. The van der Waals surface area contributed by atoms with Crippen LogP contribution in [0.2, 0.25) is 0 Å². The molecule has 1 fully saturated rings. The van der Waals surface area contributed by atoms with E-state index in [1.165, 1.54) is 24.3 Å². The Hall–Kier alpha value is -3.69. The number of ketones is 3. The highest BCUT2D eigenvalue weighted by molar-refractivity contribution is 6.25. The lowest BCUT2D eigenvalue weighted by atomic mass is 9.81. The second-order valence-electron chi connectivity index (χ2n) is 7.73. The van der Waals surface area contributed by atoms with E-state index in [1.807, 2.05) is 0 Å². The fourth-order valence-electron chi connectivity index (χ4n) is 3.92. The molecule has 0 N–H and O–H groups in total. The molecule has 1 aromatic carbocycles. The number of rotatable bonds is 4. The Morgan fingerprint density at radius 2 is 1.70 bits per heavy atom. The molecule has 0 aliphatic heterocycles. The third-order valence-corrected chi connectivity index (χ3v) is 5.53. The normalized spacial score (nSPS) is 15.3. The lowest BCUT2D eigenvalue weighted by molar-refractivity contribution is -0.142. The average molecular weight is 460 g/mol. The van der Waals surface area contributed by atoms with Gasteiger partial charge in [0.15, 0.2) is 23.0 Å². The number of benzene rings is 1. The Labute approximate surface area is 183 Å². The monoisotopic (exact) mass is 460 g/mol. The molecule has 0 unspecified atom stereocenters. The third-order valence-electron chi connectivity index (χ3n) is 5.53. The van der Waals surface area contributed by atoms with Crippen molar-refractivity contribution in [1.29, 1.82) is 0 Å². The van der Waals surface area contributed by atoms with Gasteiger partial charge in [0, 0.05) is 29.9 Å². The predicted octanol–water partition coefficient (Wildman–Crippen LogP) is 3.72. The van der Waals surface area contributed by atoms with Crippen molar-refractivity contribution in [2.24, 2.45) is 5.92 Å². The molecule has 6 nitrogen and oxygen atoms in total. The van der Waals surface area contributed by atoms with Gasteiger partial charge in [-0.25, -0.2) is 9.37 Å². The summed E-state index contributed by atoms with van der Waals surface area (Å²) in [4.78, 5) is 53.2. The number of aromatic nitrogens is 2. The predicted molar refractivity (Wildman–Crippen MR) is 108 cm³/mol. The zero-order chi connectivity index (χ0) is 23.9. The van der Waals surface area contributed by atoms with E-state index in [0.29, 0.717) is 0 Å². The summed E-state index contributed by atoms with van der Waals surface area (Å²) in [6, 6.07) is 8.58. The van der Waals surface area contributed by atoms with E-state index in [9.17, 15) is 36.7 Å². The first kappa shape index (κ1) is 22.5. The summed E-state index contributed by atoms with van der Waals surface area (Å²) in [5.41, 5.74) is -3.60. The Balaban J connectivity index is 1.91. The number of pyridine rings is 2. The van der Waals surface area contributed by atoms with Crippen molar-refractivity contribution in [1.82, 2.24) is 9.55 Å². The van der Waals surface area contributed by atoms with Crippen LogP contribution in [0.25, 0.3) is 11.0 Å². The number of hydrogen-bond donors (Lipinski definition) is 0. The van der Waals surface area contributed by atoms with Crippen LogP contribution >= 0.6 is 0 Å². The second-order valence-corrected chi connectivity index (χ2v) is 7.73. The number of Topliss-reactive ketones (excluding diaryl/α,β-unsaturated/α-hetero) is 3. The Bertz CT molecular complexity index is 1340. The van der Waals surface area contributed by atoms with E-state index < -0.39 is 57.7 Å². The van der Waals surface area contributed by atoms with Crippen LogP contribution < -0.4 is 5.56 Å². The summed E-state index contributed by atoms with van der Waals surface area (Å²) in [5, 5.41) is -0.00185. The molecule has 1 aliphatic rings. The number of alkyl halides is 3. The molecular formula is C23H16F4N2O4. The molecule has 0 bridgehead atoms. The van der Waals surface area contributed by atoms with E-state index in [1.54, 1.807) is 0 Å². The van der Waals surface area contributed by atoms with Crippen LogP contribution in [0.5, 0.6) is 0 Å². The van der Waals surface area contributed by atoms with Crippen molar-refractivity contribution in [3.63, 3.8) is 0 Å². The van der Waals surface area contributed by atoms with E-state index in [4.69, 9.17) is 0 Å². The van der Waals surface area contributed by atoms with Crippen LogP contribution in [0.4, 0.5) is 17.6 Å². The second kappa shape index (κ2) is 8.34. The minimum Gasteiger partial charge on any atom is -0.298 e. The molecule has 170 valence electrons. The third kappa shape index (κ3) is 4.20. The number of fused-ring (bicyclic) bond motifs is 1. The summed E-state index contributed by atoms with van der Waals surface area (Å²) in [5.74, 6) is -5.18. The first-order valence-electron chi connectivity index (χ1n) is 10.0. The van der Waals surface area contributed by atoms with Crippen LogP contribution in [-0.4, -0.2) is 26.9 Å². The quantitative estimate of drug-likeness (QED) is 0.337. The van der Waals surface area contributed by atoms with Gasteiger partial charge in [0.2, 0.25) is 0 Å². The van der Waals surface area contributed by atoms with Crippen molar-refractivity contribution in [3.05, 3.63) is 75.5 Å². The zero-order valence-corrected chi connectivity index (χ0v) is 17.0. The summed E-state index contributed by atoms with van der Waals surface area (Å²) in [6.45, 7) is -0.389. The molecule has 1 saturated carbocycles. The summed E-state index contributed by atoms with van der Waals surface area (Å²) < 4.78 is 56.6. The van der Waals surface area contributed by atoms with Crippen molar-refractivity contribution < 1.29 is 31.9 Å². The number of nitrogens with zero attached hydrogens (tertiary/aromatic N) is 2. The number of hydrogen-bond acceptors (Lipinski definition) is 5. The molecule has 0 atom stereocenters. The molecule has 0 amide bonds. The number of halogens is 4. The Morgan fingerprint density at radius 1 is 1.03 bits per heavy atom. The molecule has 33 heavy (non-hydrogen) atoms. The minimum absolute atomic E-state index is 0.00185. The molecular weight excluding hydrogens is 444 g/mol. The lowest BCUT2D eigenvalue weighted by Crippen LogP contribution is -2.36. The van der Waals surface area contributed by atoms with E-state index >= 15 is 0 Å². The van der Waals surface area contributed by atoms with Gasteiger partial charge in [0.25, 0.3) is 5.56 Å². The van der Waals surface area contributed by atoms with Crippen LogP contribution in [-0.2, 0) is 22.3 Å².